The van der Waals surface area contributed by atoms with Crippen LogP contribution < -0.4 is 5.32 Å². The highest BCUT2D eigenvalue weighted by Gasteiger charge is 2.19. The van der Waals surface area contributed by atoms with Crippen LogP contribution in [0.2, 0.25) is 0 Å². The summed E-state index contributed by atoms with van der Waals surface area (Å²) in [4.78, 5) is 15.6. The van der Waals surface area contributed by atoms with Crippen LogP contribution in [0.4, 0.5) is 5.69 Å². The van der Waals surface area contributed by atoms with Crippen LogP contribution >= 0.6 is 27.5 Å². The van der Waals surface area contributed by atoms with Gasteiger partial charge in [0.15, 0.2) is 0 Å². The first-order valence-electron chi connectivity index (χ1n) is 4.74. The van der Waals surface area contributed by atoms with Gasteiger partial charge in [-0.2, -0.15) is 0 Å². The number of anilines is 1. The molecule has 0 radical (unpaired) electrons. The number of hydrogen-bond donors (Lipinski definition) is 1. The molecule has 1 heterocycles. The maximum atomic E-state index is 11.2. The van der Waals surface area contributed by atoms with Crippen LogP contribution in [-0.4, -0.2) is 16.8 Å². The number of halogens is 2. The van der Waals surface area contributed by atoms with Gasteiger partial charge < -0.3 is 5.32 Å². The van der Waals surface area contributed by atoms with Gasteiger partial charge in [-0.3, -0.25) is 9.78 Å². The molecule has 0 saturated carbocycles. The Labute approximate surface area is 101 Å². The van der Waals surface area contributed by atoms with E-state index >= 15 is 0 Å². The zero-order valence-electron chi connectivity index (χ0n) is 8.02. The second kappa shape index (κ2) is 4.49. The summed E-state index contributed by atoms with van der Waals surface area (Å²) in [6.45, 7) is 0. The van der Waals surface area contributed by atoms with Gasteiger partial charge in [-0.05, 0) is 40.8 Å². The summed E-state index contributed by atoms with van der Waals surface area (Å²) in [6.07, 6.45) is 4.79. The number of rotatable bonds is 2. The Morgan fingerprint density at radius 2 is 2.40 bits per heavy atom. The predicted octanol–water partition coefficient (Wildman–Crippen LogP) is 2.51. The van der Waals surface area contributed by atoms with E-state index in [9.17, 15) is 4.79 Å². The van der Waals surface area contributed by atoms with Gasteiger partial charge in [0.2, 0.25) is 5.91 Å². The third kappa shape index (κ3) is 2.16. The molecule has 1 aromatic rings. The molecule has 15 heavy (non-hydrogen) atoms. The van der Waals surface area contributed by atoms with E-state index in [-0.39, 0.29) is 11.8 Å². The fourth-order valence-corrected chi connectivity index (χ4v) is 2.30. The monoisotopic (exact) mass is 288 g/mol. The molecule has 1 aliphatic rings. The maximum absolute atomic E-state index is 11.2. The third-order valence-electron chi connectivity index (χ3n) is 2.45. The third-order valence-corrected chi connectivity index (χ3v) is 3.29. The van der Waals surface area contributed by atoms with Crippen LogP contribution in [0.1, 0.15) is 17.7 Å². The second-order valence-electron chi connectivity index (χ2n) is 3.44. The van der Waals surface area contributed by atoms with Gasteiger partial charge in [0.05, 0.1) is 10.2 Å². The molecule has 1 amide bonds. The summed E-state index contributed by atoms with van der Waals surface area (Å²) in [7, 11) is 0. The number of aromatic nitrogens is 1. The minimum absolute atomic E-state index is 0.0243. The number of aryl methyl sites for hydroxylation is 1. The van der Waals surface area contributed by atoms with Crippen molar-refractivity contribution in [2.45, 2.75) is 19.3 Å². The number of carbonyl (C=O) groups is 1. The summed E-state index contributed by atoms with van der Waals surface area (Å²) in [5.41, 5.74) is 3.06. The van der Waals surface area contributed by atoms with Crippen LogP contribution in [0.5, 0.6) is 0 Å². The van der Waals surface area contributed by atoms with Crippen molar-refractivity contribution in [3.63, 3.8) is 0 Å². The quantitative estimate of drug-likeness (QED) is 0.850. The molecule has 0 saturated heterocycles. The first kappa shape index (κ1) is 10.9. The molecule has 3 nitrogen and oxygen atoms in total. The molecule has 0 aliphatic heterocycles. The number of nitrogens with one attached hydrogen (secondary N) is 1. The van der Waals surface area contributed by atoms with Crippen LogP contribution in [0.25, 0.3) is 0 Å². The predicted molar refractivity (Wildman–Crippen MR) is 63.3 cm³/mol. The van der Waals surface area contributed by atoms with Gasteiger partial charge in [0.1, 0.15) is 5.88 Å². The maximum Gasteiger partial charge on any atom is 0.239 e. The van der Waals surface area contributed by atoms with Gasteiger partial charge in [-0.15, -0.1) is 11.6 Å². The van der Waals surface area contributed by atoms with Crippen LogP contribution in [0, 0.1) is 0 Å². The Bertz CT molecular complexity index is 409. The van der Waals surface area contributed by atoms with Crippen LogP contribution in [0.3, 0.4) is 0 Å². The molecule has 0 spiro atoms. The zero-order valence-corrected chi connectivity index (χ0v) is 10.4. The van der Waals surface area contributed by atoms with Crippen molar-refractivity contribution >= 4 is 39.1 Å². The Morgan fingerprint density at radius 1 is 1.60 bits per heavy atom. The zero-order chi connectivity index (χ0) is 10.8. The molecule has 0 aromatic carbocycles. The average molecular weight is 290 g/mol. The molecule has 0 atom stereocenters. The highest BCUT2D eigenvalue weighted by molar-refractivity contribution is 9.10. The lowest BCUT2D eigenvalue weighted by Crippen LogP contribution is -2.14. The number of pyridine rings is 1. The van der Waals surface area contributed by atoms with E-state index in [4.69, 9.17) is 11.6 Å². The molecule has 2 rings (SSSR count). The number of alkyl halides is 1. The molecule has 1 N–H and O–H groups in total. The Kier molecular flexibility index (Phi) is 3.26. The number of nitrogens with zero attached hydrogens (tertiary/aromatic N) is 1. The molecule has 1 aliphatic carbocycles. The van der Waals surface area contributed by atoms with E-state index in [1.165, 1.54) is 0 Å². The van der Waals surface area contributed by atoms with Crippen molar-refractivity contribution in [3.05, 3.63) is 21.9 Å². The van der Waals surface area contributed by atoms with Gasteiger partial charge in [-0.25, -0.2) is 0 Å². The molecule has 0 fully saturated rings. The smallest absolute Gasteiger partial charge is 0.239 e. The van der Waals surface area contributed by atoms with Crippen molar-refractivity contribution in [3.8, 4) is 0 Å². The van der Waals surface area contributed by atoms with E-state index in [1.807, 2.05) is 0 Å². The standard InChI is InChI=1S/C10H10BrClN2O/c11-7-5-13-8-3-1-2-6(8)10(7)14-9(15)4-12/h5H,1-4H2,(H,13,14,15). The lowest BCUT2D eigenvalue weighted by molar-refractivity contribution is -0.113. The molecule has 0 unspecified atom stereocenters. The van der Waals surface area contributed by atoms with Crippen molar-refractivity contribution < 1.29 is 4.79 Å². The first-order chi connectivity index (χ1) is 7.22. The highest BCUT2D eigenvalue weighted by atomic mass is 79.9. The summed E-state index contributed by atoms with van der Waals surface area (Å²) < 4.78 is 0.821. The number of hydrogen-bond acceptors (Lipinski definition) is 2. The Hall–Kier alpha value is -0.610. The number of fused-ring (bicyclic) bond motifs is 1. The minimum atomic E-state index is -0.183. The van der Waals surface area contributed by atoms with Crippen molar-refractivity contribution in [1.29, 1.82) is 0 Å². The summed E-state index contributed by atoms with van der Waals surface area (Å²) in [6, 6.07) is 0. The normalized spacial score (nSPS) is 13.7. The van der Waals surface area contributed by atoms with E-state index in [1.54, 1.807) is 6.20 Å². The first-order valence-corrected chi connectivity index (χ1v) is 6.07. The van der Waals surface area contributed by atoms with Crippen molar-refractivity contribution in [2.75, 3.05) is 11.2 Å². The molecule has 1 aromatic heterocycles. The average Bonchev–Trinajstić information content (AvgIpc) is 2.70. The molecular weight excluding hydrogens is 279 g/mol. The molecular formula is C10H10BrClN2O. The van der Waals surface area contributed by atoms with Gasteiger partial charge >= 0.3 is 0 Å². The van der Waals surface area contributed by atoms with Crippen molar-refractivity contribution in [2.24, 2.45) is 0 Å². The Balaban J connectivity index is 2.37. The van der Waals surface area contributed by atoms with Crippen LogP contribution in [0.15, 0.2) is 10.7 Å². The topological polar surface area (TPSA) is 42.0 Å². The number of carbonyl (C=O) groups excluding carboxylic acids is 1. The fraction of sp³-hybridized carbons (Fsp3) is 0.400. The molecule has 5 heteroatoms. The SMILES string of the molecule is O=C(CCl)Nc1c(Br)cnc2c1CCC2. The molecule has 80 valence electrons. The van der Waals surface area contributed by atoms with Crippen molar-refractivity contribution in [1.82, 2.24) is 4.98 Å². The van der Waals surface area contributed by atoms with E-state index < -0.39 is 0 Å². The van der Waals surface area contributed by atoms with E-state index in [0.29, 0.717) is 0 Å². The summed E-state index contributed by atoms with van der Waals surface area (Å²) in [5.74, 6) is -0.207. The number of amides is 1. The lowest BCUT2D eigenvalue weighted by Gasteiger charge is -2.10. The fourth-order valence-electron chi connectivity index (χ4n) is 1.79. The van der Waals surface area contributed by atoms with Gasteiger partial charge in [0.25, 0.3) is 0 Å². The van der Waals surface area contributed by atoms with E-state index in [0.717, 1.165) is 40.7 Å². The highest BCUT2D eigenvalue weighted by Crippen LogP contribution is 2.33. The minimum Gasteiger partial charge on any atom is -0.324 e. The van der Waals surface area contributed by atoms with E-state index in [2.05, 4.69) is 26.2 Å². The summed E-state index contributed by atoms with van der Waals surface area (Å²) in [5, 5.41) is 2.80. The largest absolute Gasteiger partial charge is 0.324 e. The lowest BCUT2D eigenvalue weighted by atomic mass is 10.2. The summed E-state index contributed by atoms with van der Waals surface area (Å²) >= 11 is 8.85. The van der Waals surface area contributed by atoms with Gasteiger partial charge in [-0.1, -0.05) is 0 Å². The van der Waals surface area contributed by atoms with Gasteiger partial charge in [0, 0.05) is 11.9 Å². The second-order valence-corrected chi connectivity index (χ2v) is 4.56. The Morgan fingerprint density at radius 3 is 3.13 bits per heavy atom. The van der Waals surface area contributed by atoms with Crippen LogP contribution in [-0.2, 0) is 17.6 Å². The molecule has 0 bridgehead atoms.